The van der Waals surface area contributed by atoms with Gasteiger partial charge in [0.1, 0.15) is 0 Å². The minimum atomic E-state index is 0.738. The van der Waals surface area contributed by atoms with Crippen molar-refractivity contribution in [1.29, 1.82) is 0 Å². The highest BCUT2D eigenvalue weighted by molar-refractivity contribution is 5.65. The molecule has 3 heterocycles. The summed E-state index contributed by atoms with van der Waals surface area (Å²) in [6.45, 7) is 0. The van der Waals surface area contributed by atoms with Crippen LogP contribution in [0.25, 0.3) is 5.57 Å². The van der Waals surface area contributed by atoms with Gasteiger partial charge in [0.15, 0.2) is 0 Å². The van der Waals surface area contributed by atoms with Crippen molar-refractivity contribution in [2.24, 2.45) is 0 Å². The minimum Gasteiger partial charge on any atom is -0.311 e. The van der Waals surface area contributed by atoms with Gasteiger partial charge in [-0.1, -0.05) is 12.1 Å². The summed E-state index contributed by atoms with van der Waals surface area (Å²) in [5.74, 6) is 0. The van der Waals surface area contributed by atoms with Gasteiger partial charge in [0.25, 0.3) is 0 Å². The molecular weight excluding hydrogens is 184 g/mol. The summed E-state index contributed by atoms with van der Waals surface area (Å²) in [5, 5.41) is 3.59. The number of hydrogen-bond acceptors (Lipinski definition) is 2. The lowest BCUT2D eigenvalue weighted by Gasteiger charge is -2.39. The summed E-state index contributed by atoms with van der Waals surface area (Å²) < 4.78 is 0. The maximum Gasteiger partial charge on any atom is 0.0342 e. The van der Waals surface area contributed by atoms with Crippen LogP contribution in [0.5, 0.6) is 0 Å². The maximum atomic E-state index is 4.19. The van der Waals surface area contributed by atoms with Crippen molar-refractivity contribution >= 4 is 5.57 Å². The van der Waals surface area contributed by atoms with E-state index in [-0.39, 0.29) is 0 Å². The zero-order chi connectivity index (χ0) is 10.1. The van der Waals surface area contributed by atoms with Crippen molar-refractivity contribution in [2.45, 2.75) is 37.8 Å². The van der Waals surface area contributed by atoms with Crippen LogP contribution in [0, 0.1) is 0 Å². The van der Waals surface area contributed by atoms with E-state index in [9.17, 15) is 0 Å². The third-order valence-electron chi connectivity index (χ3n) is 3.48. The Labute approximate surface area is 90.4 Å². The molecule has 0 saturated carbocycles. The molecule has 1 aromatic heterocycles. The number of nitrogens with zero attached hydrogens (tertiary/aromatic N) is 1. The van der Waals surface area contributed by atoms with E-state index in [1.54, 1.807) is 0 Å². The van der Waals surface area contributed by atoms with Crippen LogP contribution in [0.3, 0.4) is 0 Å². The van der Waals surface area contributed by atoms with Crippen molar-refractivity contribution in [3.8, 4) is 0 Å². The van der Waals surface area contributed by atoms with Gasteiger partial charge in [0.05, 0.1) is 0 Å². The summed E-state index contributed by atoms with van der Waals surface area (Å²) in [4.78, 5) is 4.19. The second-order valence-corrected chi connectivity index (χ2v) is 4.54. The van der Waals surface area contributed by atoms with Gasteiger partial charge in [-0.3, -0.25) is 4.98 Å². The molecular formula is C13H16N2. The molecule has 1 fully saturated rings. The van der Waals surface area contributed by atoms with Crippen molar-refractivity contribution in [3.05, 3.63) is 36.2 Å². The van der Waals surface area contributed by atoms with E-state index in [0.717, 1.165) is 12.1 Å². The molecule has 1 saturated heterocycles. The van der Waals surface area contributed by atoms with Gasteiger partial charge in [0, 0.05) is 24.5 Å². The Bertz CT molecular complexity index is 363. The van der Waals surface area contributed by atoms with Gasteiger partial charge < -0.3 is 5.32 Å². The Morgan fingerprint density at radius 2 is 2.27 bits per heavy atom. The van der Waals surface area contributed by atoms with Crippen molar-refractivity contribution in [2.75, 3.05) is 0 Å². The predicted octanol–water partition coefficient (Wildman–Crippen LogP) is 2.38. The molecule has 1 aromatic rings. The molecule has 0 radical (unpaired) electrons. The van der Waals surface area contributed by atoms with Gasteiger partial charge in [-0.25, -0.2) is 0 Å². The van der Waals surface area contributed by atoms with Crippen LogP contribution in [0.1, 0.15) is 31.2 Å². The standard InChI is InChI=1S/C13H16N2/c1-2-11(9-14-7-1)10-3-5-12-8-13(15-12)6-4-10/h1-3,7,9,12-13,15H,4-6,8H2/b10-3+. The number of allylic oxidation sites excluding steroid dienone is 1. The Morgan fingerprint density at radius 1 is 1.33 bits per heavy atom. The van der Waals surface area contributed by atoms with E-state index >= 15 is 0 Å². The number of fused-ring (bicyclic) bond motifs is 3. The minimum absolute atomic E-state index is 0.738. The van der Waals surface area contributed by atoms with E-state index in [4.69, 9.17) is 0 Å². The summed E-state index contributed by atoms with van der Waals surface area (Å²) >= 11 is 0. The number of nitrogens with one attached hydrogen (secondary N) is 1. The molecule has 0 spiro atoms. The fraction of sp³-hybridized carbons (Fsp3) is 0.462. The zero-order valence-corrected chi connectivity index (χ0v) is 8.82. The highest BCUT2D eigenvalue weighted by Gasteiger charge is 2.28. The fourth-order valence-corrected chi connectivity index (χ4v) is 2.55. The molecule has 3 aliphatic rings. The molecule has 2 bridgehead atoms. The van der Waals surface area contributed by atoms with E-state index in [0.29, 0.717) is 0 Å². The van der Waals surface area contributed by atoms with Crippen LogP contribution >= 0.6 is 0 Å². The van der Waals surface area contributed by atoms with Crippen LogP contribution in [0.15, 0.2) is 30.6 Å². The average Bonchev–Trinajstić information content (AvgIpc) is 2.15. The molecule has 1 aliphatic carbocycles. The van der Waals surface area contributed by atoms with Gasteiger partial charge >= 0.3 is 0 Å². The number of rotatable bonds is 1. The smallest absolute Gasteiger partial charge is 0.0342 e. The molecule has 2 aliphatic heterocycles. The summed E-state index contributed by atoms with van der Waals surface area (Å²) in [6.07, 6.45) is 11.2. The first kappa shape index (κ1) is 9.10. The van der Waals surface area contributed by atoms with Crippen LogP contribution in [-0.2, 0) is 0 Å². The number of pyridine rings is 1. The molecule has 2 atom stereocenters. The predicted molar refractivity (Wildman–Crippen MR) is 61.4 cm³/mol. The molecule has 2 nitrogen and oxygen atoms in total. The Morgan fingerprint density at radius 3 is 3.07 bits per heavy atom. The Kier molecular flexibility index (Phi) is 2.29. The SMILES string of the molecule is C1=C(/c2cccnc2)CCC2CC(C/1)N2. The van der Waals surface area contributed by atoms with E-state index in [1.165, 1.54) is 36.8 Å². The molecule has 4 rings (SSSR count). The van der Waals surface area contributed by atoms with Crippen molar-refractivity contribution < 1.29 is 0 Å². The van der Waals surface area contributed by atoms with Crippen LogP contribution in [0.2, 0.25) is 0 Å². The quantitative estimate of drug-likeness (QED) is 0.753. The monoisotopic (exact) mass is 200 g/mol. The Hall–Kier alpha value is -1.15. The van der Waals surface area contributed by atoms with Crippen LogP contribution in [-0.4, -0.2) is 17.1 Å². The molecule has 0 aromatic carbocycles. The number of hydrogen-bond donors (Lipinski definition) is 1. The lowest BCUT2D eigenvalue weighted by Crippen LogP contribution is -2.52. The lowest BCUT2D eigenvalue weighted by atomic mass is 9.84. The topological polar surface area (TPSA) is 24.9 Å². The first-order chi connectivity index (χ1) is 7.42. The molecule has 1 N–H and O–H groups in total. The highest BCUT2D eigenvalue weighted by Crippen LogP contribution is 2.29. The summed E-state index contributed by atoms with van der Waals surface area (Å²) in [6, 6.07) is 5.70. The maximum absolute atomic E-state index is 4.19. The second kappa shape index (κ2) is 3.78. The first-order valence-corrected chi connectivity index (χ1v) is 5.77. The van der Waals surface area contributed by atoms with Crippen LogP contribution in [0.4, 0.5) is 0 Å². The summed E-state index contributed by atoms with van der Waals surface area (Å²) in [5.41, 5.74) is 2.79. The van der Waals surface area contributed by atoms with E-state index < -0.39 is 0 Å². The largest absolute Gasteiger partial charge is 0.311 e. The zero-order valence-electron chi connectivity index (χ0n) is 8.82. The normalized spacial score (nSPS) is 33.2. The van der Waals surface area contributed by atoms with E-state index in [1.807, 2.05) is 18.5 Å². The second-order valence-electron chi connectivity index (χ2n) is 4.54. The van der Waals surface area contributed by atoms with Gasteiger partial charge in [-0.15, -0.1) is 0 Å². The lowest BCUT2D eigenvalue weighted by molar-refractivity contribution is 0.251. The van der Waals surface area contributed by atoms with Crippen molar-refractivity contribution in [1.82, 2.24) is 10.3 Å². The first-order valence-electron chi connectivity index (χ1n) is 5.77. The molecule has 2 heteroatoms. The summed E-state index contributed by atoms with van der Waals surface area (Å²) in [7, 11) is 0. The van der Waals surface area contributed by atoms with Crippen molar-refractivity contribution in [3.63, 3.8) is 0 Å². The molecule has 78 valence electrons. The van der Waals surface area contributed by atoms with Crippen LogP contribution < -0.4 is 5.32 Å². The third-order valence-corrected chi connectivity index (χ3v) is 3.48. The average molecular weight is 200 g/mol. The van der Waals surface area contributed by atoms with Gasteiger partial charge in [0.2, 0.25) is 0 Å². The van der Waals surface area contributed by atoms with E-state index in [2.05, 4.69) is 22.4 Å². The Balaban J connectivity index is 1.83. The molecule has 0 amide bonds. The molecule has 2 unspecified atom stereocenters. The number of aromatic nitrogens is 1. The highest BCUT2D eigenvalue weighted by atomic mass is 15.0. The molecule has 15 heavy (non-hydrogen) atoms. The fourth-order valence-electron chi connectivity index (χ4n) is 2.55. The van der Waals surface area contributed by atoms with Gasteiger partial charge in [-0.2, -0.15) is 0 Å². The van der Waals surface area contributed by atoms with Gasteiger partial charge in [-0.05, 0) is 42.9 Å². The third kappa shape index (κ3) is 1.82.